The molecule has 0 fully saturated rings. The molecule has 2 N–H and O–H groups in total. The number of aromatic nitrogens is 6. The summed E-state index contributed by atoms with van der Waals surface area (Å²) in [6, 6.07) is 29.7. The van der Waals surface area contributed by atoms with Crippen LogP contribution in [0.1, 0.15) is 17.1 Å². The van der Waals surface area contributed by atoms with Crippen LogP contribution in [-0.4, -0.2) is 45.8 Å². The molecule has 0 radical (unpaired) electrons. The first-order valence-electron chi connectivity index (χ1n) is 13.8. The van der Waals surface area contributed by atoms with Crippen LogP contribution >= 0.6 is 0 Å². The van der Waals surface area contributed by atoms with Crippen molar-refractivity contribution in [1.29, 1.82) is 0 Å². The lowest BCUT2D eigenvalue weighted by Gasteiger charge is -2.12. The van der Waals surface area contributed by atoms with E-state index in [1.807, 2.05) is 81.6 Å². The summed E-state index contributed by atoms with van der Waals surface area (Å²) in [6.07, 6.45) is 9.27. The highest BCUT2D eigenvalue weighted by Gasteiger charge is 2.15. The standard InChI is InChI=1S/C19H16N4O.C15H12N2O2/c24-17(10-15-8-9-21-22-15)11-19-18(14-4-2-1-3-5-14)7-6-16-12-20-13-23(16)19;18-15(19)8-14-13(11-4-2-1-3-5-11)7-6-12-9-16-10-17(12)14/h1-9,12-13H,10-11H2,(H,21,22);1-7,9-10H,8H2,(H,18,19). The molecule has 9 heteroatoms. The van der Waals surface area contributed by atoms with E-state index in [0.717, 1.165) is 50.4 Å². The van der Waals surface area contributed by atoms with Gasteiger partial charge in [0.15, 0.2) is 0 Å². The first kappa shape index (κ1) is 27.3. The van der Waals surface area contributed by atoms with Gasteiger partial charge in [-0.25, -0.2) is 9.97 Å². The highest BCUT2D eigenvalue weighted by Crippen LogP contribution is 2.27. The molecule has 0 aliphatic heterocycles. The van der Waals surface area contributed by atoms with E-state index in [1.54, 1.807) is 31.2 Å². The number of benzene rings is 2. The third kappa shape index (κ3) is 6.11. The maximum Gasteiger partial charge on any atom is 0.309 e. The van der Waals surface area contributed by atoms with Crippen molar-refractivity contribution >= 4 is 22.8 Å². The summed E-state index contributed by atoms with van der Waals surface area (Å²) in [5.41, 5.74) is 8.50. The summed E-state index contributed by atoms with van der Waals surface area (Å²) < 4.78 is 3.82. The van der Waals surface area contributed by atoms with Gasteiger partial charge in [-0.15, -0.1) is 0 Å². The SMILES string of the molecule is O=C(Cc1ccn[nH]1)Cc1c(-c2ccccc2)ccc2cncn12.O=C(O)Cc1c(-c2ccccc2)ccc2cncn12. The van der Waals surface area contributed by atoms with Gasteiger partial charge < -0.3 is 13.9 Å². The molecule has 212 valence electrons. The molecule has 9 nitrogen and oxygen atoms in total. The Morgan fingerprint density at radius 1 is 0.651 bits per heavy atom. The maximum atomic E-state index is 12.5. The van der Waals surface area contributed by atoms with E-state index in [1.165, 1.54) is 0 Å². The minimum atomic E-state index is -0.849. The number of aromatic amines is 1. The highest BCUT2D eigenvalue weighted by atomic mass is 16.4. The van der Waals surface area contributed by atoms with E-state index in [-0.39, 0.29) is 12.2 Å². The molecule has 0 bridgehead atoms. The van der Waals surface area contributed by atoms with Gasteiger partial charge in [-0.2, -0.15) is 5.10 Å². The molecule has 0 saturated heterocycles. The van der Waals surface area contributed by atoms with Gasteiger partial charge in [-0.1, -0.05) is 72.8 Å². The van der Waals surface area contributed by atoms with Gasteiger partial charge in [0, 0.05) is 47.2 Å². The largest absolute Gasteiger partial charge is 0.481 e. The quantitative estimate of drug-likeness (QED) is 0.243. The van der Waals surface area contributed by atoms with Crippen molar-refractivity contribution in [3.8, 4) is 22.3 Å². The predicted octanol–water partition coefficient (Wildman–Crippen LogP) is 5.71. The van der Waals surface area contributed by atoms with Crippen LogP contribution < -0.4 is 0 Å². The first-order chi connectivity index (χ1) is 21.1. The minimum Gasteiger partial charge on any atom is -0.481 e. The Morgan fingerprint density at radius 3 is 1.67 bits per heavy atom. The molecule has 2 aromatic carbocycles. The fraction of sp³-hybridized carbons (Fsp3) is 0.0882. The maximum absolute atomic E-state index is 12.5. The van der Waals surface area contributed by atoms with Crippen molar-refractivity contribution in [2.24, 2.45) is 0 Å². The molecule has 7 rings (SSSR count). The van der Waals surface area contributed by atoms with Crippen molar-refractivity contribution in [2.75, 3.05) is 0 Å². The van der Waals surface area contributed by atoms with Crippen LogP contribution in [0, 0.1) is 0 Å². The van der Waals surface area contributed by atoms with Gasteiger partial charge in [0.05, 0.1) is 42.5 Å². The molecule has 0 aliphatic carbocycles. The van der Waals surface area contributed by atoms with Crippen LogP contribution in [0.3, 0.4) is 0 Å². The van der Waals surface area contributed by atoms with Crippen molar-refractivity contribution in [1.82, 2.24) is 29.0 Å². The number of aliphatic carboxylic acids is 1. The molecule has 0 aliphatic rings. The summed E-state index contributed by atoms with van der Waals surface area (Å²) in [5, 5.41) is 15.8. The van der Waals surface area contributed by atoms with Crippen LogP contribution in [0.4, 0.5) is 0 Å². The molecule has 5 aromatic heterocycles. The number of carbonyl (C=O) groups is 2. The van der Waals surface area contributed by atoms with Crippen molar-refractivity contribution < 1.29 is 14.7 Å². The van der Waals surface area contributed by atoms with Crippen molar-refractivity contribution in [3.63, 3.8) is 0 Å². The lowest BCUT2D eigenvalue weighted by atomic mass is 9.99. The van der Waals surface area contributed by atoms with E-state index < -0.39 is 5.97 Å². The lowest BCUT2D eigenvalue weighted by Crippen LogP contribution is -2.11. The average molecular weight is 569 g/mol. The number of rotatable bonds is 8. The molecule has 7 aromatic rings. The van der Waals surface area contributed by atoms with Gasteiger partial charge in [-0.05, 0) is 29.3 Å². The van der Waals surface area contributed by atoms with Crippen LogP contribution in [0.15, 0.2) is 122 Å². The normalized spacial score (nSPS) is 10.9. The van der Waals surface area contributed by atoms with E-state index in [0.29, 0.717) is 12.8 Å². The Morgan fingerprint density at radius 2 is 1.19 bits per heavy atom. The summed E-state index contributed by atoms with van der Waals surface area (Å²) in [4.78, 5) is 31.9. The number of pyridine rings is 2. The molecule has 0 saturated carbocycles. The number of imidazole rings is 2. The number of fused-ring (bicyclic) bond motifs is 2. The minimum absolute atomic E-state index is 0.0298. The van der Waals surface area contributed by atoms with E-state index in [2.05, 4.69) is 38.4 Å². The van der Waals surface area contributed by atoms with Crippen molar-refractivity contribution in [2.45, 2.75) is 19.3 Å². The molecule has 0 amide bonds. The summed E-state index contributed by atoms with van der Waals surface area (Å²) >= 11 is 0. The second-order valence-corrected chi connectivity index (χ2v) is 10.0. The lowest BCUT2D eigenvalue weighted by molar-refractivity contribution is -0.136. The summed E-state index contributed by atoms with van der Waals surface area (Å²) in [6.45, 7) is 0. The Bertz CT molecular complexity index is 1990. The predicted molar refractivity (Wildman–Crippen MR) is 164 cm³/mol. The molecule has 0 unspecified atom stereocenters. The second kappa shape index (κ2) is 12.4. The van der Waals surface area contributed by atoms with E-state index >= 15 is 0 Å². The molecular formula is C34H28N6O3. The third-order valence-electron chi connectivity index (χ3n) is 7.18. The third-order valence-corrected chi connectivity index (χ3v) is 7.18. The number of carboxylic acids is 1. The topological polar surface area (TPSA) is 118 Å². The van der Waals surface area contributed by atoms with Gasteiger partial charge in [-0.3, -0.25) is 14.7 Å². The fourth-order valence-corrected chi connectivity index (χ4v) is 5.21. The number of ketones is 1. The van der Waals surface area contributed by atoms with Gasteiger partial charge in [0.1, 0.15) is 5.78 Å². The summed E-state index contributed by atoms with van der Waals surface area (Å²) in [7, 11) is 0. The van der Waals surface area contributed by atoms with Crippen LogP contribution in [0.5, 0.6) is 0 Å². The van der Waals surface area contributed by atoms with Crippen molar-refractivity contribution in [3.05, 3.63) is 139 Å². The molecule has 43 heavy (non-hydrogen) atoms. The van der Waals surface area contributed by atoms with Gasteiger partial charge >= 0.3 is 5.97 Å². The number of Topliss-reactive ketones (excluding diaryl/α,β-unsaturated/α-hetero) is 1. The van der Waals surface area contributed by atoms with Gasteiger partial charge in [0.25, 0.3) is 0 Å². The van der Waals surface area contributed by atoms with Crippen LogP contribution in [0.2, 0.25) is 0 Å². The number of H-pyrrole nitrogens is 1. The number of hydrogen-bond acceptors (Lipinski definition) is 5. The van der Waals surface area contributed by atoms with Crippen LogP contribution in [-0.2, 0) is 28.9 Å². The zero-order valence-electron chi connectivity index (χ0n) is 23.2. The number of carbonyl (C=O) groups excluding carboxylic acids is 1. The number of carboxylic acid groups (broad SMARTS) is 1. The van der Waals surface area contributed by atoms with Gasteiger partial charge in [0.2, 0.25) is 0 Å². The zero-order chi connectivity index (χ0) is 29.6. The van der Waals surface area contributed by atoms with E-state index in [4.69, 9.17) is 5.11 Å². The Hall–Kier alpha value is -5.83. The number of hydrogen-bond donors (Lipinski definition) is 2. The Labute approximate surface area is 247 Å². The average Bonchev–Trinajstić information content (AvgIpc) is 3.81. The molecular weight excluding hydrogens is 540 g/mol. The molecule has 0 atom stereocenters. The van der Waals surface area contributed by atoms with E-state index in [9.17, 15) is 9.59 Å². The smallest absolute Gasteiger partial charge is 0.309 e. The highest BCUT2D eigenvalue weighted by molar-refractivity contribution is 5.85. The monoisotopic (exact) mass is 568 g/mol. The Kier molecular flexibility index (Phi) is 7.86. The molecule has 5 heterocycles. The van der Waals surface area contributed by atoms with Crippen LogP contribution in [0.25, 0.3) is 33.3 Å². The zero-order valence-corrected chi connectivity index (χ0v) is 23.2. The second-order valence-electron chi connectivity index (χ2n) is 10.0. The Balaban J connectivity index is 0.000000157. The molecule has 0 spiro atoms. The number of nitrogens with one attached hydrogen (secondary N) is 1. The number of nitrogens with zero attached hydrogens (tertiary/aromatic N) is 5. The first-order valence-corrected chi connectivity index (χ1v) is 13.8. The summed E-state index contributed by atoms with van der Waals surface area (Å²) in [5.74, 6) is -0.712. The fourth-order valence-electron chi connectivity index (χ4n) is 5.21.